The highest BCUT2D eigenvalue weighted by atomic mass is 16.3. The van der Waals surface area contributed by atoms with E-state index in [2.05, 4.69) is 10.3 Å². The van der Waals surface area contributed by atoms with Gasteiger partial charge in [-0.15, -0.1) is 0 Å². The van der Waals surface area contributed by atoms with Crippen molar-refractivity contribution in [1.29, 1.82) is 0 Å². The van der Waals surface area contributed by atoms with E-state index in [0.717, 1.165) is 41.8 Å². The zero-order valence-electron chi connectivity index (χ0n) is 9.77. The molecule has 0 unspecified atom stereocenters. The van der Waals surface area contributed by atoms with Crippen LogP contribution in [0.25, 0.3) is 10.9 Å². The summed E-state index contributed by atoms with van der Waals surface area (Å²) in [5, 5.41) is 14.5. The fourth-order valence-electron chi connectivity index (χ4n) is 2.31. The molecule has 88 valence electrons. The van der Waals surface area contributed by atoms with Crippen molar-refractivity contribution in [3.63, 3.8) is 0 Å². The van der Waals surface area contributed by atoms with Crippen LogP contribution in [0.4, 0.5) is 0 Å². The van der Waals surface area contributed by atoms with Gasteiger partial charge >= 0.3 is 0 Å². The van der Waals surface area contributed by atoms with Gasteiger partial charge in [0, 0.05) is 25.5 Å². The van der Waals surface area contributed by atoms with Gasteiger partial charge in [0.1, 0.15) is 5.84 Å². The number of nitrogens with one attached hydrogen (secondary N) is 1. The molecule has 4 nitrogen and oxygen atoms in total. The summed E-state index contributed by atoms with van der Waals surface area (Å²) >= 11 is 0. The molecule has 0 fully saturated rings. The zero-order chi connectivity index (χ0) is 11.8. The molecule has 1 aromatic carbocycles. The number of hydrogen-bond donors (Lipinski definition) is 2. The maximum Gasteiger partial charge on any atom is 0.203 e. The lowest BCUT2D eigenvalue weighted by molar-refractivity contribution is 0.434. The van der Waals surface area contributed by atoms with Crippen LogP contribution in [0, 0.1) is 0 Å². The van der Waals surface area contributed by atoms with Crippen molar-refractivity contribution in [3.8, 4) is 5.88 Å². The van der Waals surface area contributed by atoms with E-state index in [1.807, 2.05) is 31.3 Å². The van der Waals surface area contributed by atoms with Gasteiger partial charge in [-0.1, -0.05) is 18.2 Å². The first-order valence-electron chi connectivity index (χ1n) is 5.84. The van der Waals surface area contributed by atoms with Gasteiger partial charge in [0.25, 0.3) is 0 Å². The number of amidine groups is 1. The molecule has 1 aliphatic heterocycles. The second-order valence-electron chi connectivity index (χ2n) is 4.29. The first-order chi connectivity index (χ1) is 8.29. The third kappa shape index (κ3) is 1.48. The predicted molar refractivity (Wildman–Crippen MR) is 68.6 cm³/mol. The SMILES string of the molecule is Cn1c(O)c(C2=NCCCN2)c2ccccc21. The van der Waals surface area contributed by atoms with Crippen LogP contribution in [0.2, 0.25) is 0 Å². The minimum atomic E-state index is 0.277. The van der Waals surface area contributed by atoms with Gasteiger partial charge in [-0.05, 0) is 12.5 Å². The number of aryl methyl sites for hydroxylation is 1. The molecule has 2 heterocycles. The number of benzene rings is 1. The van der Waals surface area contributed by atoms with Crippen LogP contribution in [0.15, 0.2) is 29.3 Å². The lowest BCUT2D eigenvalue weighted by Gasteiger charge is -2.14. The lowest BCUT2D eigenvalue weighted by atomic mass is 10.1. The summed E-state index contributed by atoms with van der Waals surface area (Å²) in [7, 11) is 1.87. The molecule has 3 rings (SSSR count). The third-order valence-corrected chi connectivity index (χ3v) is 3.21. The Bertz CT molecular complexity index is 598. The maximum absolute atomic E-state index is 10.2. The quantitative estimate of drug-likeness (QED) is 0.780. The van der Waals surface area contributed by atoms with Crippen LogP contribution in [0.5, 0.6) is 5.88 Å². The topological polar surface area (TPSA) is 49.5 Å². The number of para-hydroxylation sites is 1. The van der Waals surface area contributed by atoms with E-state index in [4.69, 9.17) is 0 Å². The molecule has 0 bridgehead atoms. The van der Waals surface area contributed by atoms with Crippen molar-refractivity contribution in [2.24, 2.45) is 12.0 Å². The number of rotatable bonds is 1. The van der Waals surface area contributed by atoms with Gasteiger partial charge in [-0.25, -0.2) is 0 Å². The van der Waals surface area contributed by atoms with Crippen molar-refractivity contribution in [2.45, 2.75) is 6.42 Å². The lowest BCUT2D eigenvalue weighted by Crippen LogP contribution is -2.30. The van der Waals surface area contributed by atoms with Crippen molar-refractivity contribution in [1.82, 2.24) is 9.88 Å². The standard InChI is InChI=1S/C13H15N3O/c1-16-10-6-3-2-5-9(10)11(13(16)17)12-14-7-4-8-15-12/h2-3,5-6,17H,4,7-8H2,1H3,(H,14,15). The van der Waals surface area contributed by atoms with Crippen molar-refractivity contribution in [3.05, 3.63) is 29.8 Å². The Morgan fingerprint density at radius 3 is 2.94 bits per heavy atom. The minimum absolute atomic E-state index is 0.277. The second-order valence-corrected chi connectivity index (χ2v) is 4.29. The molecule has 0 aliphatic carbocycles. The Morgan fingerprint density at radius 1 is 1.35 bits per heavy atom. The molecule has 0 saturated carbocycles. The van der Waals surface area contributed by atoms with E-state index in [1.165, 1.54) is 0 Å². The van der Waals surface area contributed by atoms with Crippen LogP contribution in [-0.2, 0) is 7.05 Å². The summed E-state index contributed by atoms with van der Waals surface area (Å²) in [6.07, 6.45) is 1.05. The van der Waals surface area contributed by atoms with Gasteiger partial charge in [0.05, 0.1) is 11.1 Å². The predicted octanol–water partition coefficient (Wildman–Crippen LogP) is 1.62. The van der Waals surface area contributed by atoms with Crippen molar-refractivity contribution < 1.29 is 5.11 Å². The number of hydrogen-bond acceptors (Lipinski definition) is 3. The second kappa shape index (κ2) is 3.80. The Morgan fingerprint density at radius 2 is 2.18 bits per heavy atom. The number of fused-ring (bicyclic) bond motifs is 1. The Labute approximate surface area is 99.6 Å². The number of aliphatic imine (C=N–C) groups is 1. The molecular weight excluding hydrogens is 214 g/mol. The van der Waals surface area contributed by atoms with Gasteiger partial charge in [-0.2, -0.15) is 0 Å². The normalized spacial score (nSPS) is 15.7. The summed E-state index contributed by atoms with van der Waals surface area (Å²) in [4.78, 5) is 4.46. The van der Waals surface area contributed by atoms with Gasteiger partial charge < -0.3 is 15.0 Å². The van der Waals surface area contributed by atoms with Gasteiger partial charge in [-0.3, -0.25) is 4.99 Å². The van der Waals surface area contributed by atoms with Gasteiger partial charge in [0.15, 0.2) is 0 Å². The van der Waals surface area contributed by atoms with Gasteiger partial charge in [0.2, 0.25) is 5.88 Å². The number of nitrogens with zero attached hydrogens (tertiary/aromatic N) is 2. The minimum Gasteiger partial charge on any atom is -0.494 e. The van der Waals surface area contributed by atoms with Crippen molar-refractivity contribution >= 4 is 16.7 Å². The van der Waals surface area contributed by atoms with Crippen LogP contribution < -0.4 is 5.32 Å². The van der Waals surface area contributed by atoms with Crippen LogP contribution in [0.3, 0.4) is 0 Å². The molecule has 1 aliphatic rings. The highest BCUT2D eigenvalue weighted by Crippen LogP contribution is 2.30. The molecule has 0 spiro atoms. The molecule has 0 amide bonds. The van der Waals surface area contributed by atoms with Crippen LogP contribution in [-0.4, -0.2) is 28.6 Å². The Hall–Kier alpha value is -1.97. The molecule has 0 saturated heterocycles. The molecular formula is C13H15N3O. The molecule has 17 heavy (non-hydrogen) atoms. The first-order valence-corrected chi connectivity index (χ1v) is 5.84. The van der Waals surface area contributed by atoms with Crippen LogP contribution >= 0.6 is 0 Å². The highest BCUT2D eigenvalue weighted by molar-refractivity contribution is 6.12. The molecule has 0 radical (unpaired) electrons. The van der Waals surface area contributed by atoms with E-state index in [1.54, 1.807) is 4.57 Å². The summed E-state index contributed by atoms with van der Waals surface area (Å²) in [5.41, 5.74) is 1.85. The zero-order valence-corrected chi connectivity index (χ0v) is 9.77. The number of aromatic nitrogens is 1. The molecule has 2 aromatic rings. The third-order valence-electron chi connectivity index (χ3n) is 3.21. The molecule has 4 heteroatoms. The van der Waals surface area contributed by atoms with E-state index < -0.39 is 0 Å². The van der Waals surface area contributed by atoms with Crippen molar-refractivity contribution in [2.75, 3.05) is 13.1 Å². The monoisotopic (exact) mass is 229 g/mol. The average Bonchev–Trinajstić information content (AvgIpc) is 2.64. The van der Waals surface area contributed by atoms with Crippen LogP contribution in [0.1, 0.15) is 12.0 Å². The van der Waals surface area contributed by atoms with E-state index >= 15 is 0 Å². The maximum atomic E-state index is 10.2. The highest BCUT2D eigenvalue weighted by Gasteiger charge is 2.19. The number of aromatic hydroxyl groups is 1. The summed E-state index contributed by atoms with van der Waals surface area (Å²) in [6, 6.07) is 7.97. The fourth-order valence-corrected chi connectivity index (χ4v) is 2.31. The smallest absolute Gasteiger partial charge is 0.203 e. The van der Waals surface area contributed by atoms with E-state index in [-0.39, 0.29) is 5.88 Å². The summed E-state index contributed by atoms with van der Waals surface area (Å²) in [6.45, 7) is 1.74. The Kier molecular flexibility index (Phi) is 2.28. The average molecular weight is 229 g/mol. The molecule has 1 aromatic heterocycles. The van der Waals surface area contributed by atoms with E-state index in [9.17, 15) is 5.11 Å². The summed E-state index contributed by atoms with van der Waals surface area (Å²) in [5.74, 6) is 1.09. The summed E-state index contributed by atoms with van der Waals surface area (Å²) < 4.78 is 1.80. The largest absolute Gasteiger partial charge is 0.494 e. The molecule has 2 N–H and O–H groups in total. The Balaban J connectivity index is 2.28. The van der Waals surface area contributed by atoms with E-state index in [0.29, 0.717) is 0 Å². The molecule has 0 atom stereocenters. The fraction of sp³-hybridized carbons (Fsp3) is 0.308. The first kappa shape index (κ1) is 10.2.